The van der Waals surface area contributed by atoms with Crippen molar-refractivity contribution >= 4 is 22.9 Å². The molecule has 0 fully saturated rings. The minimum absolute atomic E-state index is 0.117. The summed E-state index contributed by atoms with van der Waals surface area (Å²) in [6.45, 7) is 0. The molecular weight excluding hydrogens is 226 g/mol. The fourth-order valence-electron chi connectivity index (χ4n) is 1.29. The first-order chi connectivity index (χ1) is 7.68. The molecule has 16 heavy (non-hydrogen) atoms. The first kappa shape index (κ1) is 10.5. The van der Waals surface area contributed by atoms with Gasteiger partial charge < -0.3 is 15.5 Å². The predicted octanol–water partition coefficient (Wildman–Crippen LogP) is 2.41. The molecular formula is C11H9NO3S. The highest BCUT2D eigenvalue weighted by atomic mass is 32.1. The van der Waals surface area contributed by atoms with Gasteiger partial charge in [0.05, 0.1) is 5.69 Å². The lowest BCUT2D eigenvalue weighted by Crippen LogP contribution is -2.11. The molecule has 0 aliphatic rings. The average Bonchev–Trinajstić information content (AvgIpc) is 2.70. The second kappa shape index (κ2) is 4.24. The third-order valence-corrected chi connectivity index (χ3v) is 2.71. The third kappa shape index (κ3) is 1.99. The van der Waals surface area contributed by atoms with Crippen LogP contribution in [-0.2, 0) is 0 Å². The average molecular weight is 235 g/mol. The third-order valence-electron chi connectivity index (χ3n) is 2.03. The van der Waals surface area contributed by atoms with Gasteiger partial charge in [0.15, 0.2) is 0 Å². The molecule has 1 amide bonds. The number of thiophene rings is 1. The maximum Gasteiger partial charge on any atom is 0.263 e. The number of aromatic hydroxyl groups is 2. The van der Waals surface area contributed by atoms with Crippen molar-refractivity contribution in [1.29, 1.82) is 0 Å². The highest BCUT2D eigenvalue weighted by Crippen LogP contribution is 2.27. The summed E-state index contributed by atoms with van der Waals surface area (Å²) in [7, 11) is 0. The number of carbonyl (C=O) groups is 1. The van der Waals surface area contributed by atoms with Crippen molar-refractivity contribution in [3.63, 3.8) is 0 Å². The van der Waals surface area contributed by atoms with E-state index in [0.29, 0.717) is 5.69 Å². The molecule has 2 rings (SSSR count). The van der Waals surface area contributed by atoms with Gasteiger partial charge in [-0.2, -0.15) is 11.3 Å². The molecule has 4 nitrogen and oxygen atoms in total. The van der Waals surface area contributed by atoms with Gasteiger partial charge in [0, 0.05) is 5.38 Å². The summed E-state index contributed by atoms with van der Waals surface area (Å²) in [6, 6.07) is 5.90. The summed E-state index contributed by atoms with van der Waals surface area (Å²) in [4.78, 5) is 11.7. The number of hydrogen-bond acceptors (Lipinski definition) is 4. The fourth-order valence-corrected chi connectivity index (χ4v) is 1.88. The van der Waals surface area contributed by atoms with E-state index in [2.05, 4.69) is 5.32 Å². The van der Waals surface area contributed by atoms with E-state index in [0.717, 1.165) is 0 Å². The van der Waals surface area contributed by atoms with Crippen LogP contribution in [-0.4, -0.2) is 16.1 Å². The van der Waals surface area contributed by atoms with Gasteiger partial charge >= 0.3 is 0 Å². The molecule has 3 N–H and O–H groups in total. The number of hydrogen-bond donors (Lipinski definition) is 3. The molecule has 0 aliphatic carbocycles. The number of rotatable bonds is 2. The van der Waals surface area contributed by atoms with Crippen LogP contribution in [0.25, 0.3) is 0 Å². The number of nitrogens with one attached hydrogen (secondary N) is 1. The normalized spacial score (nSPS) is 10.0. The molecule has 0 spiro atoms. The Hall–Kier alpha value is -2.01. The highest BCUT2D eigenvalue weighted by molar-refractivity contribution is 7.08. The molecule has 0 saturated carbocycles. The predicted molar refractivity (Wildman–Crippen MR) is 62.0 cm³/mol. The topological polar surface area (TPSA) is 69.6 Å². The molecule has 0 bridgehead atoms. The number of phenolic OH excluding ortho intramolecular Hbond substituents is 2. The van der Waals surface area contributed by atoms with Crippen LogP contribution in [0, 0.1) is 0 Å². The second-order valence-electron chi connectivity index (χ2n) is 3.14. The molecule has 82 valence electrons. The van der Waals surface area contributed by atoms with E-state index in [9.17, 15) is 15.0 Å². The largest absolute Gasteiger partial charge is 0.507 e. The van der Waals surface area contributed by atoms with Crippen molar-refractivity contribution < 1.29 is 15.0 Å². The van der Waals surface area contributed by atoms with E-state index in [4.69, 9.17) is 0 Å². The first-order valence-electron chi connectivity index (χ1n) is 4.53. The summed E-state index contributed by atoms with van der Waals surface area (Å²) >= 11 is 1.45. The van der Waals surface area contributed by atoms with Crippen LogP contribution in [0.15, 0.2) is 35.0 Å². The smallest absolute Gasteiger partial charge is 0.263 e. The summed E-state index contributed by atoms with van der Waals surface area (Å²) in [5.41, 5.74) is 0.520. The molecule has 0 aliphatic heterocycles. The molecule has 0 unspecified atom stereocenters. The maximum atomic E-state index is 11.7. The monoisotopic (exact) mass is 235 g/mol. The van der Waals surface area contributed by atoms with Crippen molar-refractivity contribution in [2.75, 3.05) is 5.32 Å². The van der Waals surface area contributed by atoms with Crippen LogP contribution >= 0.6 is 11.3 Å². The van der Waals surface area contributed by atoms with Crippen LogP contribution in [0.3, 0.4) is 0 Å². The Morgan fingerprint density at radius 3 is 2.44 bits per heavy atom. The van der Waals surface area contributed by atoms with Crippen LogP contribution in [0.1, 0.15) is 10.4 Å². The Bertz CT molecular complexity index is 488. The van der Waals surface area contributed by atoms with Gasteiger partial charge in [-0.25, -0.2) is 0 Å². The SMILES string of the molecule is O=C(Nc1ccsc1)c1c(O)cccc1O. The van der Waals surface area contributed by atoms with Gasteiger partial charge in [-0.15, -0.1) is 0 Å². The van der Waals surface area contributed by atoms with Crippen LogP contribution in [0.5, 0.6) is 11.5 Å². The molecule has 5 heteroatoms. The number of amides is 1. The van der Waals surface area contributed by atoms with Gasteiger partial charge in [0.25, 0.3) is 5.91 Å². The Morgan fingerprint density at radius 1 is 1.19 bits per heavy atom. The van der Waals surface area contributed by atoms with E-state index in [-0.39, 0.29) is 17.1 Å². The summed E-state index contributed by atoms with van der Waals surface area (Å²) in [5.74, 6) is -1.02. The molecule has 2 aromatic rings. The van der Waals surface area contributed by atoms with Gasteiger partial charge in [0.1, 0.15) is 17.1 Å². The van der Waals surface area contributed by atoms with Crippen LogP contribution in [0.4, 0.5) is 5.69 Å². The lowest BCUT2D eigenvalue weighted by molar-refractivity contribution is 0.102. The Kier molecular flexibility index (Phi) is 2.78. The van der Waals surface area contributed by atoms with E-state index in [1.165, 1.54) is 29.5 Å². The highest BCUT2D eigenvalue weighted by Gasteiger charge is 2.15. The quantitative estimate of drug-likeness (QED) is 0.748. The Labute approximate surface area is 95.8 Å². The molecule has 0 saturated heterocycles. The minimum Gasteiger partial charge on any atom is -0.507 e. The standard InChI is InChI=1S/C11H9NO3S/c13-8-2-1-3-9(14)10(8)11(15)12-7-4-5-16-6-7/h1-6,13-14H,(H,12,15). The van der Waals surface area contributed by atoms with Crippen LogP contribution < -0.4 is 5.32 Å². The number of anilines is 1. The number of phenols is 2. The van der Waals surface area contributed by atoms with E-state index in [1.807, 2.05) is 5.38 Å². The molecule has 1 aromatic heterocycles. The van der Waals surface area contributed by atoms with Crippen molar-refractivity contribution in [2.45, 2.75) is 0 Å². The molecule has 1 aromatic carbocycles. The molecule has 0 radical (unpaired) electrons. The van der Waals surface area contributed by atoms with Crippen LogP contribution in [0.2, 0.25) is 0 Å². The van der Waals surface area contributed by atoms with E-state index >= 15 is 0 Å². The summed E-state index contributed by atoms with van der Waals surface area (Å²) in [5, 5.41) is 25.1. The van der Waals surface area contributed by atoms with Crippen molar-refractivity contribution in [3.8, 4) is 11.5 Å². The molecule has 0 atom stereocenters. The van der Waals surface area contributed by atoms with Gasteiger partial charge in [-0.1, -0.05) is 6.07 Å². The lowest BCUT2D eigenvalue weighted by Gasteiger charge is -2.06. The summed E-state index contributed by atoms with van der Waals surface area (Å²) in [6.07, 6.45) is 0. The lowest BCUT2D eigenvalue weighted by atomic mass is 10.1. The zero-order valence-corrected chi connectivity index (χ0v) is 8.99. The van der Waals surface area contributed by atoms with Gasteiger partial charge in [0.2, 0.25) is 0 Å². The van der Waals surface area contributed by atoms with E-state index < -0.39 is 5.91 Å². The minimum atomic E-state index is -0.533. The second-order valence-corrected chi connectivity index (χ2v) is 3.92. The Morgan fingerprint density at radius 2 is 1.88 bits per heavy atom. The Balaban J connectivity index is 2.28. The van der Waals surface area contributed by atoms with Crippen molar-refractivity contribution in [3.05, 3.63) is 40.6 Å². The first-order valence-corrected chi connectivity index (χ1v) is 5.47. The number of benzene rings is 1. The van der Waals surface area contributed by atoms with Crippen molar-refractivity contribution in [1.82, 2.24) is 0 Å². The fraction of sp³-hybridized carbons (Fsp3) is 0. The zero-order valence-electron chi connectivity index (χ0n) is 8.18. The van der Waals surface area contributed by atoms with Gasteiger partial charge in [-0.3, -0.25) is 4.79 Å². The van der Waals surface area contributed by atoms with E-state index in [1.54, 1.807) is 11.4 Å². The zero-order chi connectivity index (χ0) is 11.5. The van der Waals surface area contributed by atoms with Gasteiger partial charge in [-0.05, 0) is 23.6 Å². The van der Waals surface area contributed by atoms with Crippen molar-refractivity contribution in [2.24, 2.45) is 0 Å². The summed E-state index contributed by atoms with van der Waals surface area (Å²) < 4.78 is 0. The maximum absolute atomic E-state index is 11.7. The molecule has 1 heterocycles. The number of carbonyl (C=O) groups excluding carboxylic acids is 1.